The molecule has 0 saturated carbocycles. The zero-order valence-electron chi connectivity index (χ0n) is 65.3. The number of aliphatic hydroxyl groups excluding tert-OH is 1. The highest BCUT2D eigenvalue weighted by atomic mass is 31.2. The third-order valence-electron chi connectivity index (χ3n) is 19.4. The van der Waals surface area contributed by atoms with E-state index in [0.717, 1.165) is 95.8 Å². The average Bonchev–Trinajstić information content (AvgIpc) is 1.04. The lowest BCUT2D eigenvalue weighted by atomic mass is 9.99. The van der Waals surface area contributed by atoms with Gasteiger partial charge in [-0.25, -0.2) is 9.13 Å². The van der Waals surface area contributed by atoms with Crippen LogP contribution in [0.4, 0.5) is 0 Å². The molecule has 0 rings (SSSR count). The van der Waals surface area contributed by atoms with E-state index >= 15 is 0 Å². The first-order valence-electron chi connectivity index (χ1n) is 42.2. The maximum Gasteiger partial charge on any atom is 0.472 e. The van der Waals surface area contributed by atoms with Crippen molar-refractivity contribution in [3.63, 3.8) is 0 Å². The van der Waals surface area contributed by atoms with Crippen LogP contribution in [0.25, 0.3) is 0 Å². The molecule has 0 aromatic rings. The van der Waals surface area contributed by atoms with Crippen molar-refractivity contribution >= 4 is 39.5 Å². The number of unbranched alkanes of at least 4 members (excludes halogenated alkanes) is 52. The van der Waals surface area contributed by atoms with Crippen molar-refractivity contribution in [3.05, 3.63) is 0 Å². The van der Waals surface area contributed by atoms with E-state index in [4.69, 9.17) is 37.0 Å². The minimum absolute atomic E-state index is 0.108. The Kier molecular flexibility index (Phi) is 72.5. The van der Waals surface area contributed by atoms with Gasteiger partial charge in [0, 0.05) is 25.7 Å². The summed E-state index contributed by atoms with van der Waals surface area (Å²) in [5, 5.41) is 10.6. The molecule has 0 spiro atoms. The molecule has 0 aromatic carbocycles. The molecular formula is C81H158O17P2. The van der Waals surface area contributed by atoms with E-state index in [-0.39, 0.29) is 25.7 Å². The highest BCUT2D eigenvalue weighted by molar-refractivity contribution is 7.47. The van der Waals surface area contributed by atoms with Crippen LogP contribution in [0.3, 0.4) is 0 Å². The summed E-state index contributed by atoms with van der Waals surface area (Å²) in [5.74, 6) is -1.24. The second-order valence-corrected chi connectivity index (χ2v) is 32.3. The minimum atomic E-state index is -4.96. The fraction of sp³-hybridized carbons (Fsp3) is 0.951. The van der Waals surface area contributed by atoms with Gasteiger partial charge < -0.3 is 33.8 Å². The first kappa shape index (κ1) is 98.1. The number of ether oxygens (including phenoxy) is 4. The SMILES string of the molecule is CCCCCCCCCCCCCCCCCCCC(=O)OC[C@H](COP(=O)(O)OC[C@@H](O)COP(=O)(O)OC[C@@H](COC(=O)CCCCCCCCCCCC)OC(=O)CCCCCCCCCCCCC)OC(=O)CCCCCCCCCCCCCCCCCCCCC(C)CC. The Morgan fingerprint density at radius 2 is 0.480 bits per heavy atom. The van der Waals surface area contributed by atoms with Crippen molar-refractivity contribution in [2.45, 2.75) is 451 Å². The summed E-state index contributed by atoms with van der Waals surface area (Å²) in [6.45, 7) is 7.38. The summed E-state index contributed by atoms with van der Waals surface area (Å²) in [7, 11) is -9.91. The molecule has 6 atom stereocenters. The molecule has 3 unspecified atom stereocenters. The first-order valence-corrected chi connectivity index (χ1v) is 45.2. The van der Waals surface area contributed by atoms with Crippen molar-refractivity contribution in [1.29, 1.82) is 0 Å². The van der Waals surface area contributed by atoms with Gasteiger partial charge in [-0.1, -0.05) is 381 Å². The Balaban J connectivity index is 5.19. The summed E-state index contributed by atoms with van der Waals surface area (Å²) in [5.41, 5.74) is 0. The molecule has 0 fully saturated rings. The van der Waals surface area contributed by atoms with E-state index in [1.165, 1.54) is 257 Å². The van der Waals surface area contributed by atoms with E-state index in [2.05, 4.69) is 34.6 Å². The summed E-state index contributed by atoms with van der Waals surface area (Å²) < 4.78 is 68.6. The van der Waals surface area contributed by atoms with Gasteiger partial charge >= 0.3 is 39.5 Å². The Labute approximate surface area is 613 Å². The first-order chi connectivity index (χ1) is 48.6. The lowest BCUT2D eigenvalue weighted by Gasteiger charge is -2.21. The van der Waals surface area contributed by atoms with Gasteiger partial charge in [-0.2, -0.15) is 0 Å². The van der Waals surface area contributed by atoms with Crippen LogP contribution in [-0.4, -0.2) is 96.7 Å². The number of phosphoric ester groups is 2. The van der Waals surface area contributed by atoms with Gasteiger partial charge in [-0.05, 0) is 31.6 Å². The van der Waals surface area contributed by atoms with Gasteiger partial charge in [0.25, 0.3) is 0 Å². The van der Waals surface area contributed by atoms with E-state index in [1.807, 2.05) is 0 Å². The van der Waals surface area contributed by atoms with Crippen molar-refractivity contribution < 1.29 is 80.2 Å². The van der Waals surface area contributed by atoms with Gasteiger partial charge in [0.2, 0.25) is 0 Å². The maximum atomic E-state index is 13.1. The molecule has 0 amide bonds. The standard InChI is InChI=1S/C81H158O17P2/c1-6-10-13-16-19-22-25-26-27-30-34-37-41-45-50-55-60-65-79(84)92-71-77(98-81(86)67-62-57-52-47-42-38-35-32-29-28-31-33-36-40-43-48-53-58-63-74(5)9-4)73-96-100(89,90)94-69-75(82)68-93-99(87,88)95-72-76(70-91-78(83)64-59-54-49-44-24-21-18-15-12-8-3)97-80(85)66-61-56-51-46-39-23-20-17-14-11-7-2/h74-77,82H,6-73H2,1-5H3,(H,87,88)(H,89,90)/t74?,75-,76+,77+/m0/s1. The van der Waals surface area contributed by atoms with Crippen molar-refractivity contribution in [2.75, 3.05) is 39.6 Å². The van der Waals surface area contributed by atoms with Crippen molar-refractivity contribution in [3.8, 4) is 0 Å². The molecule has 0 bridgehead atoms. The number of rotatable bonds is 81. The molecule has 19 heteroatoms. The molecule has 100 heavy (non-hydrogen) atoms. The van der Waals surface area contributed by atoms with Crippen LogP contribution < -0.4 is 0 Å². The summed E-state index contributed by atoms with van der Waals surface area (Å²) in [6.07, 6.45) is 65.2. The van der Waals surface area contributed by atoms with Crippen LogP contribution in [0, 0.1) is 5.92 Å². The van der Waals surface area contributed by atoms with Gasteiger partial charge in [0.15, 0.2) is 12.2 Å². The van der Waals surface area contributed by atoms with Gasteiger partial charge in [-0.15, -0.1) is 0 Å². The predicted molar refractivity (Wildman–Crippen MR) is 409 cm³/mol. The highest BCUT2D eigenvalue weighted by Gasteiger charge is 2.30. The summed E-state index contributed by atoms with van der Waals surface area (Å²) in [4.78, 5) is 72.9. The number of hydrogen-bond donors (Lipinski definition) is 3. The maximum absolute atomic E-state index is 13.1. The van der Waals surface area contributed by atoms with E-state index in [9.17, 15) is 43.2 Å². The molecule has 594 valence electrons. The summed E-state index contributed by atoms with van der Waals surface area (Å²) in [6, 6.07) is 0. The second-order valence-electron chi connectivity index (χ2n) is 29.4. The van der Waals surface area contributed by atoms with Crippen LogP contribution in [-0.2, 0) is 65.4 Å². The molecular weight excluding hydrogens is 1310 g/mol. The monoisotopic (exact) mass is 1470 g/mol. The number of hydrogen-bond acceptors (Lipinski definition) is 15. The predicted octanol–water partition coefficient (Wildman–Crippen LogP) is 24.4. The quantitative estimate of drug-likeness (QED) is 0.0222. The van der Waals surface area contributed by atoms with Gasteiger partial charge in [-0.3, -0.25) is 37.3 Å². The zero-order chi connectivity index (χ0) is 73.4. The number of aliphatic hydroxyl groups is 1. The number of esters is 4. The molecule has 3 N–H and O–H groups in total. The van der Waals surface area contributed by atoms with Crippen LogP contribution in [0.2, 0.25) is 0 Å². The van der Waals surface area contributed by atoms with Crippen LogP contribution in [0.15, 0.2) is 0 Å². The van der Waals surface area contributed by atoms with E-state index in [1.54, 1.807) is 0 Å². The molecule has 0 aliphatic heterocycles. The smallest absolute Gasteiger partial charge is 0.462 e. The fourth-order valence-corrected chi connectivity index (χ4v) is 14.1. The number of phosphoric acid groups is 2. The number of carbonyl (C=O) groups excluding carboxylic acids is 4. The minimum Gasteiger partial charge on any atom is -0.462 e. The van der Waals surface area contributed by atoms with Gasteiger partial charge in [0.05, 0.1) is 26.4 Å². The Morgan fingerprint density at radius 3 is 0.710 bits per heavy atom. The van der Waals surface area contributed by atoms with Crippen LogP contribution >= 0.6 is 15.6 Å². The average molecular weight is 1470 g/mol. The Bertz CT molecular complexity index is 1910. The molecule has 0 aliphatic carbocycles. The summed E-state index contributed by atoms with van der Waals surface area (Å²) >= 11 is 0. The lowest BCUT2D eigenvalue weighted by Crippen LogP contribution is -2.30. The van der Waals surface area contributed by atoms with Crippen molar-refractivity contribution in [1.82, 2.24) is 0 Å². The highest BCUT2D eigenvalue weighted by Crippen LogP contribution is 2.45. The van der Waals surface area contributed by atoms with Crippen LogP contribution in [0.1, 0.15) is 433 Å². The second kappa shape index (κ2) is 73.9. The van der Waals surface area contributed by atoms with Crippen molar-refractivity contribution in [2.24, 2.45) is 5.92 Å². The Hall–Kier alpha value is -1.94. The number of carbonyl (C=O) groups is 4. The normalized spacial score (nSPS) is 14.1. The largest absolute Gasteiger partial charge is 0.472 e. The molecule has 0 radical (unpaired) electrons. The lowest BCUT2D eigenvalue weighted by molar-refractivity contribution is -0.161. The fourth-order valence-electron chi connectivity index (χ4n) is 12.6. The third-order valence-corrected chi connectivity index (χ3v) is 21.3. The molecule has 0 heterocycles. The molecule has 0 aromatic heterocycles. The zero-order valence-corrected chi connectivity index (χ0v) is 67.1. The molecule has 0 saturated heterocycles. The Morgan fingerprint density at radius 1 is 0.280 bits per heavy atom. The van der Waals surface area contributed by atoms with E-state index < -0.39 is 97.5 Å². The molecule has 0 aliphatic rings. The van der Waals surface area contributed by atoms with Gasteiger partial charge in [0.1, 0.15) is 19.3 Å². The topological polar surface area (TPSA) is 237 Å². The van der Waals surface area contributed by atoms with E-state index in [0.29, 0.717) is 25.7 Å². The van der Waals surface area contributed by atoms with Crippen LogP contribution in [0.5, 0.6) is 0 Å². The molecule has 17 nitrogen and oxygen atoms in total. The third kappa shape index (κ3) is 73.0.